The van der Waals surface area contributed by atoms with E-state index >= 15 is 0 Å². The molecule has 394 valence electrons. The Morgan fingerprint density at radius 3 is 2.23 bits per heavy atom. The maximum atomic E-state index is 14.5. The number of carbonyl (C=O) groups excluding carboxylic acids is 4. The van der Waals surface area contributed by atoms with Crippen molar-refractivity contribution in [1.82, 2.24) is 4.90 Å². The minimum atomic E-state index is -4.58. The van der Waals surface area contributed by atoms with Crippen molar-refractivity contribution in [3.63, 3.8) is 0 Å². The molecule has 3 fully saturated rings. The number of alkyl halides is 3. The maximum Gasteiger partial charge on any atom is 0.416 e. The Morgan fingerprint density at radius 1 is 0.914 bits per heavy atom. The van der Waals surface area contributed by atoms with Gasteiger partial charge in [0.1, 0.15) is 30.1 Å². The molecule has 2 saturated heterocycles. The summed E-state index contributed by atoms with van der Waals surface area (Å²) in [5.74, 6) is -8.19. The summed E-state index contributed by atoms with van der Waals surface area (Å²) < 4.78 is 76.8. The fraction of sp³-hybridized carbons (Fsp3) is 0.736. The number of piperidine rings is 1. The topological polar surface area (TPSA) is 188 Å². The molecule has 1 saturated carbocycles. The number of ether oxygens (including phenoxy) is 6. The van der Waals surface area contributed by atoms with Crippen LogP contribution in [0.1, 0.15) is 135 Å². The number of ketones is 2. The number of cyclic esters (lactones) is 1. The summed E-state index contributed by atoms with van der Waals surface area (Å²) in [6.45, 7) is 12.3. The SMILES string of the molecule is CCC1C=C(C)CC(C)CC(OC)C2OC(O)(C(=O)C(=O)N3CCCCC3C(=O)OC(C(C)=CC3CCC(OCC(O)c4cc(C)cc(C(F)(F)F)c4)C(OC)C3)C(C)C(O)CC1=O)C(C)CC2OC. The fourth-order valence-electron chi connectivity index (χ4n) is 11.0. The van der Waals surface area contributed by atoms with Crippen molar-refractivity contribution in [2.45, 2.75) is 186 Å². The van der Waals surface area contributed by atoms with E-state index in [1.807, 2.05) is 32.9 Å². The van der Waals surface area contributed by atoms with E-state index in [2.05, 4.69) is 0 Å². The van der Waals surface area contributed by atoms with E-state index in [-0.39, 0.29) is 55.6 Å². The number of nitrogens with zero attached hydrogens (tertiary/aromatic N) is 1. The van der Waals surface area contributed by atoms with Crippen LogP contribution in [-0.4, -0.2) is 133 Å². The maximum absolute atomic E-state index is 14.5. The van der Waals surface area contributed by atoms with Crippen molar-refractivity contribution in [3.05, 3.63) is 58.2 Å². The summed E-state index contributed by atoms with van der Waals surface area (Å²) in [6.07, 6.45) is -3.37. The van der Waals surface area contributed by atoms with Crippen molar-refractivity contribution >= 4 is 23.4 Å². The Labute approximate surface area is 411 Å². The highest BCUT2D eigenvalue weighted by Crippen LogP contribution is 2.40. The normalized spacial score (nSPS) is 35.6. The predicted molar refractivity (Wildman–Crippen MR) is 253 cm³/mol. The Hall–Kier alpha value is -3.55. The van der Waals surface area contributed by atoms with E-state index in [1.54, 1.807) is 20.8 Å². The lowest BCUT2D eigenvalue weighted by Crippen LogP contribution is -2.64. The first kappa shape index (κ1) is 57.4. The van der Waals surface area contributed by atoms with E-state index in [0.717, 1.165) is 22.6 Å². The molecule has 5 rings (SSSR count). The number of carbonyl (C=O) groups is 4. The largest absolute Gasteiger partial charge is 0.456 e. The summed E-state index contributed by atoms with van der Waals surface area (Å²) in [7, 11) is 4.54. The predicted octanol–water partition coefficient (Wildman–Crippen LogP) is 7.56. The van der Waals surface area contributed by atoms with E-state index in [9.17, 15) is 47.7 Å². The summed E-state index contributed by atoms with van der Waals surface area (Å²) in [5, 5.41) is 34.9. The zero-order chi connectivity index (χ0) is 51.8. The van der Waals surface area contributed by atoms with E-state index < -0.39 is 108 Å². The van der Waals surface area contributed by atoms with Crippen LogP contribution >= 0.6 is 0 Å². The number of fused-ring (bicyclic) bond motifs is 3. The number of hydrogen-bond donors (Lipinski definition) is 3. The first-order valence-electron chi connectivity index (χ1n) is 25.0. The summed E-state index contributed by atoms with van der Waals surface area (Å²) >= 11 is 0. The quantitative estimate of drug-likeness (QED) is 0.119. The van der Waals surface area contributed by atoms with Gasteiger partial charge in [0.25, 0.3) is 11.7 Å². The molecular weight excluding hydrogens is 916 g/mol. The van der Waals surface area contributed by atoms with Gasteiger partial charge in [0, 0.05) is 52.0 Å². The van der Waals surface area contributed by atoms with Crippen LogP contribution in [0.15, 0.2) is 41.5 Å². The second-order valence-corrected chi connectivity index (χ2v) is 20.6. The van der Waals surface area contributed by atoms with Gasteiger partial charge in [-0.3, -0.25) is 14.4 Å². The standard InChI is InChI=1S/C53H78F3NO13/c1-11-36-19-29(2)18-30(3)22-45(66-9)48-46(67-10)24-33(6)52(64,70-48)49(61)50(62)57-17-13-12-14-39(57)51(63)69-47(34(7)40(58)27-41(36)59)32(5)23-35-15-16-43(44(25-35)65-8)68-28-42(60)37-20-31(4)21-38(26-37)53(54,55)56/h19-21,23,26,30,33-36,39-40,42-48,58,60,64H,11-18,22,24-25,27-28H2,1-10H3. The fourth-order valence-corrected chi connectivity index (χ4v) is 11.0. The summed E-state index contributed by atoms with van der Waals surface area (Å²) in [4.78, 5) is 58.4. The van der Waals surface area contributed by atoms with Gasteiger partial charge in [-0.15, -0.1) is 0 Å². The van der Waals surface area contributed by atoms with Gasteiger partial charge in [-0.1, -0.05) is 57.0 Å². The Bertz CT molecular complexity index is 2030. The van der Waals surface area contributed by atoms with Crippen molar-refractivity contribution in [1.29, 1.82) is 0 Å². The molecule has 15 unspecified atom stereocenters. The molecule has 1 aliphatic carbocycles. The lowest BCUT2D eigenvalue weighted by atomic mass is 9.81. The lowest BCUT2D eigenvalue weighted by molar-refractivity contribution is -0.302. The molecule has 2 bridgehead atoms. The molecule has 1 amide bonds. The molecule has 3 aliphatic heterocycles. The van der Waals surface area contributed by atoms with Crippen LogP contribution < -0.4 is 0 Å². The molecule has 0 aromatic heterocycles. The molecule has 4 aliphatic rings. The molecule has 17 heteroatoms. The minimum absolute atomic E-state index is 0.00993. The first-order valence-corrected chi connectivity index (χ1v) is 25.0. The number of aryl methyl sites for hydroxylation is 1. The third-order valence-corrected chi connectivity index (χ3v) is 15.1. The Morgan fingerprint density at radius 2 is 1.59 bits per heavy atom. The van der Waals surface area contributed by atoms with Gasteiger partial charge in [0.15, 0.2) is 0 Å². The van der Waals surface area contributed by atoms with Crippen LogP contribution in [0.2, 0.25) is 0 Å². The van der Waals surface area contributed by atoms with Crippen molar-refractivity contribution in [3.8, 4) is 0 Å². The number of amides is 1. The van der Waals surface area contributed by atoms with Gasteiger partial charge in [-0.05, 0) is 120 Å². The van der Waals surface area contributed by atoms with E-state index in [0.29, 0.717) is 62.5 Å². The highest BCUT2D eigenvalue weighted by Gasteiger charge is 2.56. The number of aliphatic hydroxyl groups excluding tert-OH is 2. The van der Waals surface area contributed by atoms with Crippen LogP contribution in [0.4, 0.5) is 13.2 Å². The second-order valence-electron chi connectivity index (χ2n) is 20.6. The molecule has 0 radical (unpaired) electrons. The molecule has 0 spiro atoms. The summed E-state index contributed by atoms with van der Waals surface area (Å²) in [5.41, 5.74) is 1.11. The van der Waals surface area contributed by atoms with Crippen LogP contribution in [-0.2, 0) is 53.8 Å². The third kappa shape index (κ3) is 13.9. The zero-order valence-electron chi connectivity index (χ0n) is 42.7. The number of Topliss-reactive ketones (excluding diaryl/α,β-unsaturated/α-hetero) is 2. The number of aliphatic hydroxyl groups is 3. The molecular formula is C53H78F3NO13. The molecule has 3 heterocycles. The Kier molecular flexibility index (Phi) is 20.4. The molecule has 1 aromatic rings. The number of rotatable bonds is 10. The molecule has 70 heavy (non-hydrogen) atoms. The average molecular weight is 994 g/mol. The first-order chi connectivity index (χ1) is 32.9. The van der Waals surface area contributed by atoms with Gasteiger partial charge in [-0.2, -0.15) is 13.2 Å². The third-order valence-electron chi connectivity index (χ3n) is 15.1. The number of methoxy groups -OCH3 is 3. The molecule has 3 N–H and O–H groups in total. The monoisotopic (exact) mass is 994 g/mol. The van der Waals surface area contributed by atoms with Crippen molar-refractivity contribution in [2.24, 2.45) is 29.6 Å². The highest BCUT2D eigenvalue weighted by molar-refractivity contribution is 6.39. The number of allylic oxidation sites excluding steroid dienone is 3. The van der Waals surface area contributed by atoms with Gasteiger partial charge >= 0.3 is 12.1 Å². The van der Waals surface area contributed by atoms with E-state index in [4.69, 9.17) is 28.4 Å². The Balaban J connectivity index is 1.44. The molecule has 15 atom stereocenters. The highest BCUT2D eigenvalue weighted by atomic mass is 19.4. The van der Waals surface area contributed by atoms with Crippen LogP contribution in [0.3, 0.4) is 0 Å². The van der Waals surface area contributed by atoms with Crippen molar-refractivity contribution in [2.75, 3.05) is 34.5 Å². The van der Waals surface area contributed by atoms with Gasteiger partial charge in [0.05, 0.1) is 42.7 Å². The number of hydrogen-bond acceptors (Lipinski definition) is 13. The van der Waals surface area contributed by atoms with Gasteiger partial charge in [-0.25, -0.2) is 4.79 Å². The summed E-state index contributed by atoms with van der Waals surface area (Å²) in [6, 6.07) is 2.22. The average Bonchev–Trinajstić information content (AvgIpc) is 3.32. The van der Waals surface area contributed by atoms with Gasteiger partial charge < -0.3 is 48.6 Å². The molecule has 1 aromatic carbocycles. The number of benzene rings is 1. The molecule has 14 nitrogen and oxygen atoms in total. The van der Waals surface area contributed by atoms with Crippen molar-refractivity contribution < 1.29 is 76.1 Å². The van der Waals surface area contributed by atoms with E-state index in [1.165, 1.54) is 34.3 Å². The zero-order valence-corrected chi connectivity index (χ0v) is 42.7. The number of esters is 1. The van der Waals surface area contributed by atoms with Crippen LogP contribution in [0.5, 0.6) is 0 Å². The second kappa shape index (κ2) is 24.9. The smallest absolute Gasteiger partial charge is 0.416 e. The van der Waals surface area contributed by atoms with Crippen LogP contribution in [0, 0.1) is 36.5 Å². The van der Waals surface area contributed by atoms with Crippen LogP contribution in [0.25, 0.3) is 0 Å². The number of halogens is 3. The lowest BCUT2D eigenvalue weighted by Gasteiger charge is -2.47. The van der Waals surface area contributed by atoms with Gasteiger partial charge in [0.2, 0.25) is 5.79 Å². The minimum Gasteiger partial charge on any atom is -0.456 e.